The zero-order chi connectivity index (χ0) is 52.8. The molecule has 4 heterocycles. The SMILES string of the molecule is N[C@H](Cc1c[nH]c2ccccc12)c1ncc(-c2ccccc2)[nH]1.O=C(N[C@H](Cc1cccc2ccccc12)C(=O)N[C@H](Cc1c[nH]c2ccccc12)c1ncc(-c2ccccc2)[nH]1)OCC1c2ccccc2-c2ccccc21.[2HH].[B]. The van der Waals surface area contributed by atoms with Crippen molar-refractivity contribution in [1.29, 1.82) is 0 Å². The average molecular weight is 1040 g/mol. The van der Waals surface area contributed by atoms with Crippen molar-refractivity contribution in [2.24, 2.45) is 5.73 Å². The summed E-state index contributed by atoms with van der Waals surface area (Å²) in [6.45, 7) is 0.139. The Labute approximate surface area is 461 Å². The number of nitrogens with two attached hydrogens (primary N) is 1. The highest BCUT2D eigenvalue weighted by Gasteiger charge is 2.31. The fourth-order valence-electron chi connectivity index (χ4n) is 10.9. The van der Waals surface area contributed by atoms with E-state index < -0.39 is 18.2 Å². The molecule has 0 spiro atoms. The minimum absolute atomic E-state index is 0. The van der Waals surface area contributed by atoms with Crippen LogP contribution in [0, 0.1) is 0 Å². The molecule has 12 nitrogen and oxygen atoms in total. The molecule has 1 aliphatic rings. The van der Waals surface area contributed by atoms with Crippen molar-refractivity contribution >= 4 is 53.0 Å². The summed E-state index contributed by atoms with van der Waals surface area (Å²) >= 11 is 0. The van der Waals surface area contributed by atoms with Gasteiger partial charge in [-0.1, -0.05) is 188 Å². The molecule has 12 aromatic rings. The lowest BCUT2D eigenvalue weighted by Crippen LogP contribution is -2.49. The number of imidazole rings is 2. The summed E-state index contributed by atoms with van der Waals surface area (Å²) in [6, 6.07) is 65.4. The Morgan fingerprint density at radius 3 is 1.67 bits per heavy atom. The molecule has 3 atom stereocenters. The second kappa shape index (κ2) is 23.3. The molecule has 0 saturated heterocycles. The van der Waals surface area contributed by atoms with Crippen LogP contribution in [0.15, 0.2) is 225 Å². The molecule has 0 unspecified atom stereocenters. The van der Waals surface area contributed by atoms with Crippen molar-refractivity contribution in [3.05, 3.63) is 264 Å². The number of alkyl carbamates (subject to hydrolysis) is 1. The smallest absolute Gasteiger partial charge is 0.407 e. The van der Waals surface area contributed by atoms with Crippen LogP contribution in [-0.2, 0) is 28.8 Å². The van der Waals surface area contributed by atoms with E-state index in [4.69, 9.17) is 15.5 Å². The number of H-pyrrole nitrogens is 4. The molecule has 0 aliphatic heterocycles. The third-order valence-electron chi connectivity index (χ3n) is 14.8. The molecule has 13 heteroatoms. The Hall–Kier alpha value is -9.72. The number of fused-ring (bicyclic) bond motifs is 6. The van der Waals surface area contributed by atoms with E-state index in [1.54, 1.807) is 6.20 Å². The molecular formula is C66H59BN9O3. The molecule has 8 N–H and O–H groups in total. The molecule has 389 valence electrons. The summed E-state index contributed by atoms with van der Waals surface area (Å²) < 4.78 is 5.97. The number of nitrogens with zero attached hydrogens (tertiary/aromatic N) is 2. The number of hydrogen-bond donors (Lipinski definition) is 7. The van der Waals surface area contributed by atoms with Crippen LogP contribution < -0.4 is 16.4 Å². The zero-order valence-electron chi connectivity index (χ0n) is 43.3. The fourth-order valence-corrected chi connectivity index (χ4v) is 10.9. The zero-order valence-corrected chi connectivity index (χ0v) is 43.3. The normalized spacial score (nSPS) is 12.9. The van der Waals surface area contributed by atoms with Gasteiger partial charge >= 0.3 is 6.09 Å². The first-order valence-electron chi connectivity index (χ1n) is 26.3. The van der Waals surface area contributed by atoms with E-state index in [0.29, 0.717) is 12.2 Å². The second-order valence-corrected chi connectivity index (χ2v) is 19.8. The number of carbonyl (C=O) groups excluding carboxylic acids is 2. The number of hydrogen-bond acceptors (Lipinski definition) is 6. The molecule has 8 aromatic carbocycles. The van der Waals surface area contributed by atoms with E-state index in [9.17, 15) is 9.59 Å². The lowest BCUT2D eigenvalue weighted by atomic mass is 9.97. The van der Waals surface area contributed by atoms with Crippen LogP contribution in [0.5, 0.6) is 0 Å². The first-order valence-corrected chi connectivity index (χ1v) is 26.3. The molecule has 3 radical (unpaired) electrons. The Balaban J connectivity index is 0.000000241. The molecule has 79 heavy (non-hydrogen) atoms. The molecule has 0 fully saturated rings. The van der Waals surface area contributed by atoms with Crippen molar-refractivity contribution in [2.75, 3.05) is 6.61 Å². The Bertz CT molecular complexity index is 3990. The summed E-state index contributed by atoms with van der Waals surface area (Å²) in [6.07, 6.45) is 8.46. The quantitative estimate of drug-likeness (QED) is 0.0502. The van der Waals surface area contributed by atoms with Gasteiger partial charge in [0.15, 0.2) is 0 Å². The van der Waals surface area contributed by atoms with Crippen molar-refractivity contribution in [3.63, 3.8) is 0 Å². The van der Waals surface area contributed by atoms with Gasteiger partial charge in [0.2, 0.25) is 5.91 Å². The highest BCUT2D eigenvalue weighted by molar-refractivity contribution is 5.90. The van der Waals surface area contributed by atoms with Gasteiger partial charge in [0.25, 0.3) is 0 Å². The monoisotopic (exact) mass is 1040 g/mol. The summed E-state index contributed by atoms with van der Waals surface area (Å²) in [7, 11) is 0. The first kappa shape index (κ1) is 51.4. The topological polar surface area (TPSA) is 182 Å². The van der Waals surface area contributed by atoms with Crippen molar-refractivity contribution in [2.45, 2.75) is 43.3 Å². The summed E-state index contributed by atoms with van der Waals surface area (Å²) in [4.78, 5) is 51.1. The van der Waals surface area contributed by atoms with Gasteiger partial charge in [0.1, 0.15) is 24.3 Å². The van der Waals surface area contributed by atoms with Gasteiger partial charge in [0, 0.05) is 62.8 Å². The van der Waals surface area contributed by atoms with E-state index >= 15 is 0 Å². The predicted octanol–water partition coefficient (Wildman–Crippen LogP) is 12.9. The number of aromatic nitrogens is 6. The molecular weight excluding hydrogens is 978 g/mol. The summed E-state index contributed by atoms with van der Waals surface area (Å²) in [5.74, 6) is 0.974. The van der Waals surface area contributed by atoms with Crippen LogP contribution >= 0.6 is 0 Å². The molecule has 0 saturated carbocycles. The van der Waals surface area contributed by atoms with Gasteiger partial charge in [-0.2, -0.15) is 0 Å². The van der Waals surface area contributed by atoms with Gasteiger partial charge in [-0.3, -0.25) is 4.79 Å². The second-order valence-electron chi connectivity index (χ2n) is 19.8. The van der Waals surface area contributed by atoms with Gasteiger partial charge in [-0.15, -0.1) is 0 Å². The number of ether oxygens (including phenoxy) is 1. The maximum absolute atomic E-state index is 14.6. The van der Waals surface area contributed by atoms with Crippen molar-refractivity contribution in [1.82, 2.24) is 40.5 Å². The van der Waals surface area contributed by atoms with E-state index in [-0.39, 0.29) is 40.7 Å². The van der Waals surface area contributed by atoms with Crippen LogP contribution in [0.3, 0.4) is 0 Å². The van der Waals surface area contributed by atoms with Crippen LogP contribution in [-0.4, -0.2) is 63.0 Å². The highest BCUT2D eigenvalue weighted by atomic mass is 16.5. The van der Waals surface area contributed by atoms with E-state index in [0.717, 1.165) is 95.3 Å². The van der Waals surface area contributed by atoms with Gasteiger partial charge in [-0.05, 0) is 79.4 Å². The van der Waals surface area contributed by atoms with E-state index in [2.05, 4.69) is 90.2 Å². The lowest BCUT2D eigenvalue weighted by molar-refractivity contribution is -0.123. The Morgan fingerprint density at radius 2 is 1.04 bits per heavy atom. The predicted molar refractivity (Wildman–Crippen MR) is 317 cm³/mol. The van der Waals surface area contributed by atoms with Crippen LogP contribution in [0.2, 0.25) is 0 Å². The summed E-state index contributed by atoms with van der Waals surface area (Å²) in [5, 5.41) is 10.6. The van der Waals surface area contributed by atoms with Gasteiger partial charge < -0.3 is 41.0 Å². The molecule has 0 bridgehead atoms. The fraction of sp³-hybridized carbons (Fsp3) is 0.121. The van der Waals surface area contributed by atoms with E-state index in [1.807, 2.05) is 164 Å². The number of nitrogens with one attached hydrogen (secondary N) is 6. The summed E-state index contributed by atoms with van der Waals surface area (Å²) in [5.41, 5.74) is 20.2. The van der Waals surface area contributed by atoms with Gasteiger partial charge in [0.05, 0.1) is 35.9 Å². The third-order valence-corrected chi connectivity index (χ3v) is 14.8. The Morgan fingerprint density at radius 1 is 0.532 bits per heavy atom. The van der Waals surface area contributed by atoms with E-state index in [1.165, 1.54) is 10.9 Å². The lowest BCUT2D eigenvalue weighted by Gasteiger charge is -2.23. The number of rotatable bonds is 15. The molecule has 1 aliphatic carbocycles. The largest absolute Gasteiger partial charge is 0.449 e. The number of carbonyl (C=O) groups is 2. The molecule has 4 aromatic heterocycles. The minimum Gasteiger partial charge on any atom is -0.449 e. The third kappa shape index (κ3) is 11.1. The Kier molecular flexibility index (Phi) is 15.1. The van der Waals surface area contributed by atoms with Gasteiger partial charge in [-0.25, -0.2) is 14.8 Å². The van der Waals surface area contributed by atoms with Crippen molar-refractivity contribution in [3.8, 4) is 33.6 Å². The molecule has 13 rings (SSSR count). The standard InChI is InChI=1S/C47H39N5O3.C19H18N4.B.H2/c53-46(51-42(26-33-27-48-41-24-11-10-19-35(33)41)45-49-28-44(50-45)31-14-2-1-3-15-31)43(25-32-17-12-16-30-13-4-5-18-34(30)32)52-47(54)55-29-40-38-22-8-6-20-36(38)37-21-7-9-23-39(37)40;20-16(10-14-11-21-17-9-5-4-8-15(14)17)19-22-12-18(23-19)13-6-2-1-3-7-13;;/h1-24,27-28,40,42-43,48H,25-26,29H2,(H,49,50)(H,51,53)(H,52,54);1-9,11-12,16,21H,10,20H2,(H,22,23);;1H/t42-,43-;16-;;/m11../s1/i;;;1+1. The minimum atomic E-state index is -0.949. The number of aromatic amines is 4. The first-order chi connectivity index (χ1) is 38.4. The van der Waals surface area contributed by atoms with Crippen LogP contribution in [0.4, 0.5) is 4.79 Å². The molecule has 2 amide bonds. The van der Waals surface area contributed by atoms with Crippen molar-refractivity contribution < 1.29 is 15.8 Å². The van der Waals surface area contributed by atoms with Crippen LogP contribution in [0.25, 0.3) is 66.2 Å². The maximum Gasteiger partial charge on any atom is 0.407 e. The average Bonchev–Trinajstić information content (AvgIpc) is 4.37. The van der Waals surface area contributed by atoms with Crippen LogP contribution in [0.1, 0.15) is 58.9 Å². The number of benzene rings is 8. The number of para-hydroxylation sites is 2. The highest BCUT2D eigenvalue weighted by Crippen LogP contribution is 2.44. The number of amides is 2. The maximum atomic E-state index is 14.6.